The van der Waals surface area contributed by atoms with Crippen molar-refractivity contribution in [3.05, 3.63) is 51.2 Å². The molecular weight excluding hydrogens is 322 g/mol. The van der Waals surface area contributed by atoms with Crippen LogP contribution in [0.3, 0.4) is 0 Å². The van der Waals surface area contributed by atoms with E-state index in [0.717, 1.165) is 5.56 Å². The van der Waals surface area contributed by atoms with Gasteiger partial charge in [0, 0.05) is 30.6 Å². The standard InChI is InChI=1S/C15H16ClN3O2S/c1-10(20)17-13(11-3-5-12(16)6-4-11)9-14(21)18-15-19(2)7-8-22-15/h3-8,13H,9H2,1-2H3,(H,17,20). The van der Waals surface area contributed by atoms with Crippen LogP contribution < -0.4 is 10.1 Å². The number of amides is 2. The Balaban J connectivity index is 2.20. The predicted molar refractivity (Wildman–Crippen MR) is 86.5 cm³/mol. The Kier molecular flexibility index (Phi) is 5.51. The van der Waals surface area contributed by atoms with E-state index in [1.165, 1.54) is 18.3 Å². The first-order valence-electron chi connectivity index (χ1n) is 6.66. The van der Waals surface area contributed by atoms with Gasteiger partial charge in [0.2, 0.25) is 5.91 Å². The van der Waals surface area contributed by atoms with E-state index in [0.29, 0.717) is 9.82 Å². The van der Waals surface area contributed by atoms with E-state index in [1.54, 1.807) is 28.8 Å². The summed E-state index contributed by atoms with van der Waals surface area (Å²) in [5.41, 5.74) is 0.818. The molecule has 0 aliphatic rings. The van der Waals surface area contributed by atoms with Gasteiger partial charge in [-0.25, -0.2) is 0 Å². The Morgan fingerprint density at radius 2 is 2.05 bits per heavy atom. The summed E-state index contributed by atoms with van der Waals surface area (Å²) < 4.78 is 1.78. The average molecular weight is 338 g/mol. The fourth-order valence-electron chi connectivity index (χ4n) is 1.95. The van der Waals surface area contributed by atoms with Crippen molar-refractivity contribution in [3.8, 4) is 0 Å². The lowest BCUT2D eigenvalue weighted by molar-refractivity contribution is -0.121. The van der Waals surface area contributed by atoms with Gasteiger partial charge in [-0.05, 0) is 17.7 Å². The fraction of sp³-hybridized carbons (Fsp3) is 0.267. The van der Waals surface area contributed by atoms with Crippen molar-refractivity contribution >= 4 is 34.8 Å². The second kappa shape index (κ2) is 7.38. The molecule has 116 valence electrons. The van der Waals surface area contributed by atoms with Crippen LogP contribution in [0.4, 0.5) is 0 Å². The minimum atomic E-state index is -0.420. The molecule has 2 amide bonds. The first-order chi connectivity index (χ1) is 10.5. The van der Waals surface area contributed by atoms with Gasteiger partial charge in [-0.15, -0.1) is 11.3 Å². The lowest BCUT2D eigenvalue weighted by Crippen LogP contribution is -2.28. The second-order valence-electron chi connectivity index (χ2n) is 4.81. The van der Waals surface area contributed by atoms with Crippen molar-refractivity contribution < 1.29 is 9.59 Å². The largest absolute Gasteiger partial charge is 0.349 e. The zero-order chi connectivity index (χ0) is 16.1. The maximum Gasteiger partial charge on any atom is 0.250 e. The Morgan fingerprint density at radius 3 is 2.59 bits per heavy atom. The number of thiazole rings is 1. The average Bonchev–Trinajstić information content (AvgIpc) is 2.84. The molecule has 22 heavy (non-hydrogen) atoms. The van der Waals surface area contributed by atoms with E-state index in [9.17, 15) is 9.59 Å². The van der Waals surface area contributed by atoms with Crippen LogP contribution in [0.5, 0.6) is 0 Å². The van der Waals surface area contributed by atoms with E-state index in [1.807, 2.05) is 18.6 Å². The molecule has 1 atom stereocenters. The molecule has 2 aromatic rings. The minimum absolute atomic E-state index is 0.0963. The molecule has 0 spiro atoms. The summed E-state index contributed by atoms with van der Waals surface area (Å²) in [5.74, 6) is -0.485. The quantitative estimate of drug-likeness (QED) is 0.931. The number of rotatable bonds is 4. The van der Waals surface area contributed by atoms with Gasteiger partial charge >= 0.3 is 0 Å². The van der Waals surface area contributed by atoms with E-state index in [-0.39, 0.29) is 18.2 Å². The highest BCUT2D eigenvalue weighted by molar-refractivity contribution is 7.07. The molecule has 2 rings (SSSR count). The molecule has 0 bridgehead atoms. The highest BCUT2D eigenvalue weighted by Gasteiger charge is 2.17. The Hall–Kier alpha value is -1.92. The van der Waals surface area contributed by atoms with Gasteiger partial charge in [-0.3, -0.25) is 9.59 Å². The van der Waals surface area contributed by atoms with Gasteiger partial charge in [0.15, 0.2) is 4.80 Å². The number of nitrogens with zero attached hydrogens (tertiary/aromatic N) is 2. The molecule has 0 radical (unpaired) electrons. The topological polar surface area (TPSA) is 63.5 Å². The van der Waals surface area contributed by atoms with E-state index in [4.69, 9.17) is 11.6 Å². The Bertz CT molecular complexity index is 734. The lowest BCUT2D eigenvalue weighted by Gasteiger charge is -2.16. The number of aromatic nitrogens is 1. The van der Waals surface area contributed by atoms with Crippen LogP contribution in [-0.2, 0) is 16.6 Å². The molecular formula is C15H16ClN3O2S. The van der Waals surface area contributed by atoms with Gasteiger partial charge in [0.25, 0.3) is 5.91 Å². The molecule has 1 N–H and O–H groups in total. The van der Waals surface area contributed by atoms with Gasteiger partial charge < -0.3 is 9.88 Å². The van der Waals surface area contributed by atoms with Crippen molar-refractivity contribution in [2.75, 3.05) is 0 Å². The maximum atomic E-state index is 12.1. The zero-order valence-corrected chi connectivity index (χ0v) is 13.8. The normalized spacial score (nSPS) is 13.0. The molecule has 0 aliphatic heterocycles. The smallest absolute Gasteiger partial charge is 0.250 e. The van der Waals surface area contributed by atoms with Crippen molar-refractivity contribution in [2.24, 2.45) is 12.0 Å². The highest BCUT2D eigenvalue weighted by Crippen LogP contribution is 2.20. The summed E-state index contributed by atoms with van der Waals surface area (Å²) >= 11 is 7.25. The minimum Gasteiger partial charge on any atom is -0.349 e. The Morgan fingerprint density at radius 1 is 1.36 bits per heavy atom. The summed E-state index contributed by atoms with van der Waals surface area (Å²) in [7, 11) is 1.83. The molecule has 5 nitrogen and oxygen atoms in total. The third kappa shape index (κ3) is 4.54. The third-order valence-electron chi connectivity index (χ3n) is 3.01. The molecule has 1 heterocycles. The zero-order valence-electron chi connectivity index (χ0n) is 12.2. The van der Waals surface area contributed by atoms with Crippen LogP contribution in [0.25, 0.3) is 0 Å². The number of aryl methyl sites for hydroxylation is 1. The first-order valence-corrected chi connectivity index (χ1v) is 7.91. The lowest BCUT2D eigenvalue weighted by atomic mass is 10.0. The summed E-state index contributed by atoms with van der Waals surface area (Å²) in [6.07, 6.45) is 1.93. The number of benzene rings is 1. The van der Waals surface area contributed by atoms with Crippen LogP contribution in [0.1, 0.15) is 24.9 Å². The summed E-state index contributed by atoms with van der Waals surface area (Å²) in [5, 5.41) is 5.24. The summed E-state index contributed by atoms with van der Waals surface area (Å²) in [4.78, 5) is 28.2. The highest BCUT2D eigenvalue weighted by atomic mass is 35.5. The van der Waals surface area contributed by atoms with Crippen LogP contribution in [0, 0.1) is 0 Å². The second-order valence-corrected chi connectivity index (χ2v) is 6.12. The number of carbonyl (C=O) groups is 2. The number of hydrogen-bond acceptors (Lipinski definition) is 3. The molecule has 1 unspecified atom stereocenters. The molecule has 1 aromatic heterocycles. The first kappa shape index (κ1) is 16.5. The summed E-state index contributed by atoms with van der Waals surface area (Å²) in [6.45, 7) is 1.42. The fourth-order valence-corrected chi connectivity index (χ4v) is 2.83. The van der Waals surface area contributed by atoms with Crippen molar-refractivity contribution in [1.82, 2.24) is 9.88 Å². The van der Waals surface area contributed by atoms with Crippen molar-refractivity contribution in [3.63, 3.8) is 0 Å². The van der Waals surface area contributed by atoms with Crippen molar-refractivity contribution in [2.45, 2.75) is 19.4 Å². The van der Waals surface area contributed by atoms with Gasteiger partial charge in [-0.2, -0.15) is 4.99 Å². The number of nitrogens with one attached hydrogen (secondary N) is 1. The monoisotopic (exact) mass is 337 g/mol. The SMILES string of the molecule is CC(=O)NC(CC(=O)N=c1sccn1C)c1ccc(Cl)cc1. The number of carbonyl (C=O) groups excluding carboxylic acids is 2. The molecule has 0 saturated carbocycles. The van der Waals surface area contributed by atoms with Gasteiger partial charge in [0.05, 0.1) is 12.5 Å². The van der Waals surface area contributed by atoms with Crippen LogP contribution in [0.15, 0.2) is 40.8 Å². The third-order valence-corrected chi connectivity index (χ3v) is 4.11. The maximum absolute atomic E-state index is 12.1. The Labute approximate surface area is 137 Å². The van der Waals surface area contributed by atoms with E-state index < -0.39 is 6.04 Å². The molecule has 7 heteroatoms. The molecule has 0 fully saturated rings. The number of halogens is 1. The van der Waals surface area contributed by atoms with Gasteiger partial charge in [0.1, 0.15) is 0 Å². The van der Waals surface area contributed by atoms with Crippen LogP contribution >= 0.6 is 22.9 Å². The number of hydrogen-bond donors (Lipinski definition) is 1. The van der Waals surface area contributed by atoms with E-state index >= 15 is 0 Å². The molecule has 1 aromatic carbocycles. The van der Waals surface area contributed by atoms with Crippen molar-refractivity contribution in [1.29, 1.82) is 0 Å². The van der Waals surface area contributed by atoms with Crippen LogP contribution in [0.2, 0.25) is 5.02 Å². The van der Waals surface area contributed by atoms with Crippen LogP contribution in [-0.4, -0.2) is 16.4 Å². The van der Waals surface area contributed by atoms with Gasteiger partial charge in [-0.1, -0.05) is 23.7 Å². The molecule has 0 aliphatic carbocycles. The predicted octanol–water partition coefficient (Wildman–Crippen LogP) is 2.43. The summed E-state index contributed by atoms with van der Waals surface area (Å²) in [6, 6.07) is 6.62. The molecule has 0 saturated heterocycles. The van der Waals surface area contributed by atoms with E-state index in [2.05, 4.69) is 10.3 Å².